The van der Waals surface area contributed by atoms with Crippen LogP contribution in [0.3, 0.4) is 0 Å². The van der Waals surface area contributed by atoms with Crippen LogP contribution in [0.4, 0.5) is 4.79 Å². The minimum absolute atomic E-state index is 0.182. The maximum Gasteiger partial charge on any atom is 0.411 e. The maximum atomic E-state index is 12.3. The number of halogens is 1. The molecule has 0 bridgehead atoms. The Morgan fingerprint density at radius 1 is 1.33 bits per heavy atom. The van der Waals surface area contributed by atoms with E-state index in [1.54, 1.807) is 20.8 Å². The van der Waals surface area contributed by atoms with Gasteiger partial charge in [0.2, 0.25) is 0 Å². The summed E-state index contributed by atoms with van der Waals surface area (Å²) in [7, 11) is 0. The Kier molecular flexibility index (Phi) is 5.42. The van der Waals surface area contributed by atoms with Crippen LogP contribution < -0.4 is 4.74 Å². The zero-order valence-corrected chi connectivity index (χ0v) is 15.8. The molecule has 2 unspecified atom stereocenters. The molecular weight excluding hydrogens is 378 g/mol. The van der Waals surface area contributed by atoms with Gasteiger partial charge >= 0.3 is 12.1 Å². The van der Waals surface area contributed by atoms with Gasteiger partial charge in [0, 0.05) is 10.9 Å². The fourth-order valence-electron chi connectivity index (χ4n) is 2.52. The van der Waals surface area contributed by atoms with Gasteiger partial charge in [-0.25, -0.2) is 9.59 Å². The van der Waals surface area contributed by atoms with Crippen molar-refractivity contribution in [3.05, 3.63) is 28.2 Å². The number of rotatable bonds is 3. The predicted octanol–water partition coefficient (Wildman–Crippen LogP) is 3.60. The largest absolute Gasteiger partial charge is 0.488 e. The summed E-state index contributed by atoms with van der Waals surface area (Å²) in [5.74, 6) is -0.408. The zero-order chi connectivity index (χ0) is 18.1. The lowest BCUT2D eigenvalue weighted by atomic mass is 10.2. The Balaban J connectivity index is 2.10. The van der Waals surface area contributed by atoms with Crippen LogP contribution in [-0.4, -0.2) is 46.4 Å². The first kappa shape index (κ1) is 18.6. The van der Waals surface area contributed by atoms with Crippen LogP contribution in [0.15, 0.2) is 22.7 Å². The molecular formula is C17H22BrNO5. The van der Waals surface area contributed by atoms with Crippen molar-refractivity contribution in [2.24, 2.45) is 0 Å². The van der Waals surface area contributed by atoms with E-state index in [0.717, 1.165) is 10.0 Å². The topological polar surface area (TPSA) is 76.1 Å². The van der Waals surface area contributed by atoms with Crippen molar-refractivity contribution in [2.45, 2.75) is 51.9 Å². The number of hydrogen-bond donors (Lipinski definition) is 1. The number of aliphatic carboxylic acids is 1. The lowest BCUT2D eigenvalue weighted by Crippen LogP contribution is -2.43. The van der Waals surface area contributed by atoms with Gasteiger partial charge < -0.3 is 14.6 Å². The quantitative estimate of drug-likeness (QED) is 0.839. The molecule has 1 aliphatic heterocycles. The molecule has 0 saturated carbocycles. The van der Waals surface area contributed by atoms with Crippen LogP contribution in [0.5, 0.6) is 5.75 Å². The molecule has 1 aromatic carbocycles. The van der Waals surface area contributed by atoms with E-state index in [1.807, 2.05) is 25.1 Å². The summed E-state index contributed by atoms with van der Waals surface area (Å²) in [4.78, 5) is 24.9. The SMILES string of the molecule is Cc1cc(OC2CC(C(=O)O)N(C(=O)OC(C)(C)C)C2)ccc1Br. The molecule has 0 aliphatic carbocycles. The highest BCUT2D eigenvalue weighted by molar-refractivity contribution is 9.10. The van der Waals surface area contributed by atoms with E-state index < -0.39 is 23.7 Å². The number of likely N-dealkylation sites (tertiary alicyclic amines) is 1. The zero-order valence-electron chi connectivity index (χ0n) is 14.2. The Hall–Kier alpha value is -1.76. The molecule has 1 aromatic rings. The van der Waals surface area contributed by atoms with Crippen molar-refractivity contribution >= 4 is 28.0 Å². The van der Waals surface area contributed by atoms with Crippen LogP contribution in [0, 0.1) is 6.92 Å². The summed E-state index contributed by atoms with van der Waals surface area (Å²) in [5.41, 5.74) is 0.339. The monoisotopic (exact) mass is 399 g/mol. The molecule has 24 heavy (non-hydrogen) atoms. The van der Waals surface area contributed by atoms with Gasteiger partial charge in [0.1, 0.15) is 23.5 Å². The number of ether oxygens (including phenoxy) is 2. The van der Waals surface area contributed by atoms with Crippen molar-refractivity contribution in [3.8, 4) is 5.75 Å². The smallest absolute Gasteiger partial charge is 0.411 e. The van der Waals surface area contributed by atoms with Gasteiger partial charge in [-0.3, -0.25) is 4.90 Å². The third-order valence-electron chi connectivity index (χ3n) is 3.61. The highest BCUT2D eigenvalue weighted by Gasteiger charge is 2.42. The third kappa shape index (κ3) is 4.63. The molecule has 0 radical (unpaired) electrons. The predicted molar refractivity (Wildman–Crippen MR) is 92.3 cm³/mol. The molecule has 1 amide bonds. The Bertz CT molecular complexity index is 640. The number of nitrogens with zero attached hydrogens (tertiary/aromatic N) is 1. The summed E-state index contributed by atoms with van der Waals surface area (Å²) in [6, 6.07) is 4.61. The first-order valence-corrected chi connectivity index (χ1v) is 8.51. The van der Waals surface area contributed by atoms with Gasteiger partial charge in [-0.1, -0.05) is 15.9 Å². The Morgan fingerprint density at radius 2 is 2.00 bits per heavy atom. The van der Waals surface area contributed by atoms with Crippen LogP contribution in [0.2, 0.25) is 0 Å². The lowest BCUT2D eigenvalue weighted by Gasteiger charge is -2.26. The molecule has 2 rings (SSSR count). The molecule has 0 spiro atoms. The van der Waals surface area contributed by atoms with Gasteiger partial charge in [0.05, 0.1) is 6.54 Å². The number of benzene rings is 1. The second-order valence-electron chi connectivity index (χ2n) is 6.87. The number of carbonyl (C=O) groups excluding carboxylic acids is 1. The van der Waals surface area contributed by atoms with Crippen molar-refractivity contribution in [3.63, 3.8) is 0 Å². The van der Waals surface area contributed by atoms with E-state index in [0.29, 0.717) is 5.75 Å². The Labute approximate surface area is 149 Å². The molecule has 132 valence electrons. The van der Waals surface area contributed by atoms with Crippen molar-refractivity contribution in [1.29, 1.82) is 0 Å². The number of aryl methyl sites for hydroxylation is 1. The first-order chi connectivity index (χ1) is 11.1. The fraction of sp³-hybridized carbons (Fsp3) is 0.529. The third-order valence-corrected chi connectivity index (χ3v) is 4.50. The van der Waals surface area contributed by atoms with Crippen molar-refractivity contribution in [1.82, 2.24) is 4.90 Å². The van der Waals surface area contributed by atoms with Gasteiger partial charge in [-0.05, 0) is 51.5 Å². The number of carboxylic acids is 1. The average Bonchev–Trinajstić information content (AvgIpc) is 2.85. The van der Waals surface area contributed by atoms with Gasteiger partial charge in [0.15, 0.2) is 0 Å². The van der Waals surface area contributed by atoms with Crippen LogP contribution in [-0.2, 0) is 9.53 Å². The Morgan fingerprint density at radius 3 is 2.54 bits per heavy atom. The highest BCUT2D eigenvalue weighted by atomic mass is 79.9. The van der Waals surface area contributed by atoms with Gasteiger partial charge in [0.25, 0.3) is 0 Å². The number of carbonyl (C=O) groups is 2. The van der Waals surface area contributed by atoms with Crippen LogP contribution in [0.1, 0.15) is 32.8 Å². The first-order valence-electron chi connectivity index (χ1n) is 7.72. The van der Waals surface area contributed by atoms with Gasteiger partial charge in [-0.2, -0.15) is 0 Å². The number of amides is 1. The number of hydrogen-bond acceptors (Lipinski definition) is 4. The molecule has 6 nitrogen and oxygen atoms in total. The molecule has 1 heterocycles. The van der Waals surface area contributed by atoms with Gasteiger partial charge in [-0.15, -0.1) is 0 Å². The van der Waals surface area contributed by atoms with E-state index in [9.17, 15) is 14.7 Å². The molecule has 1 aliphatic rings. The van der Waals surface area contributed by atoms with E-state index >= 15 is 0 Å². The van der Waals surface area contributed by atoms with Crippen molar-refractivity contribution in [2.75, 3.05) is 6.54 Å². The van der Waals surface area contributed by atoms with Crippen LogP contribution in [0.25, 0.3) is 0 Å². The molecule has 1 saturated heterocycles. The summed E-state index contributed by atoms with van der Waals surface area (Å²) in [6.45, 7) is 7.36. The second kappa shape index (κ2) is 7.01. The summed E-state index contributed by atoms with van der Waals surface area (Å²) < 4.78 is 12.1. The molecule has 0 aromatic heterocycles. The standard InChI is InChI=1S/C17H22BrNO5/c1-10-7-11(5-6-13(10)18)23-12-8-14(15(20)21)19(9-12)16(22)24-17(2,3)4/h5-7,12,14H,8-9H2,1-4H3,(H,20,21). The minimum Gasteiger partial charge on any atom is -0.488 e. The molecule has 2 atom stereocenters. The normalized spacial score (nSPS) is 20.8. The molecule has 1 N–H and O–H groups in total. The fourth-order valence-corrected chi connectivity index (χ4v) is 2.77. The summed E-state index contributed by atoms with van der Waals surface area (Å²) >= 11 is 3.42. The van der Waals surface area contributed by atoms with E-state index in [4.69, 9.17) is 9.47 Å². The highest BCUT2D eigenvalue weighted by Crippen LogP contribution is 2.27. The van der Waals surface area contributed by atoms with Crippen molar-refractivity contribution < 1.29 is 24.2 Å². The van der Waals surface area contributed by atoms with E-state index in [-0.39, 0.29) is 19.1 Å². The minimum atomic E-state index is -1.06. The molecule has 7 heteroatoms. The van der Waals surface area contributed by atoms with Crippen LogP contribution >= 0.6 is 15.9 Å². The molecule has 1 fully saturated rings. The lowest BCUT2D eigenvalue weighted by molar-refractivity contribution is -0.142. The van der Waals surface area contributed by atoms with E-state index in [1.165, 1.54) is 4.90 Å². The summed E-state index contributed by atoms with van der Waals surface area (Å²) in [6.07, 6.45) is -0.795. The second-order valence-corrected chi connectivity index (χ2v) is 7.73. The maximum absolute atomic E-state index is 12.3. The average molecular weight is 400 g/mol. The van der Waals surface area contributed by atoms with E-state index in [2.05, 4.69) is 15.9 Å². The number of carboxylic acid groups (broad SMARTS) is 1. The summed E-state index contributed by atoms with van der Waals surface area (Å²) in [5, 5.41) is 9.38.